The van der Waals surface area contributed by atoms with Gasteiger partial charge in [0.1, 0.15) is 0 Å². The van der Waals surface area contributed by atoms with Crippen molar-refractivity contribution >= 4 is 23.2 Å². The van der Waals surface area contributed by atoms with Crippen molar-refractivity contribution in [1.82, 2.24) is 4.90 Å². The molecule has 1 saturated carbocycles. The van der Waals surface area contributed by atoms with E-state index in [2.05, 4.69) is 17.9 Å². The van der Waals surface area contributed by atoms with Crippen molar-refractivity contribution < 1.29 is 4.79 Å². The Morgan fingerprint density at radius 2 is 1.89 bits per heavy atom. The minimum atomic E-state index is 0.337. The topological polar surface area (TPSA) is 23.6 Å². The van der Waals surface area contributed by atoms with Crippen molar-refractivity contribution in [3.8, 4) is 0 Å². The molecule has 0 radical (unpaired) electrons. The average molecular weight is 279 g/mol. The molecule has 0 unspecified atom stereocenters. The number of hydrogen-bond donors (Lipinski definition) is 0. The third-order valence-electron chi connectivity index (χ3n) is 4.02. The number of aryl methyl sites for hydroxylation is 1. The van der Waals surface area contributed by atoms with Crippen LogP contribution in [0.15, 0.2) is 18.2 Å². The molecular formula is C15H19ClN2O. The third-order valence-corrected chi connectivity index (χ3v) is 4.25. The van der Waals surface area contributed by atoms with Crippen molar-refractivity contribution in [2.24, 2.45) is 5.92 Å². The van der Waals surface area contributed by atoms with Gasteiger partial charge < -0.3 is 9.80 Å². The Hall–Kier alpha value is -1.22. The molecule has 3 nitrogen and oxygen atoms in total. The van der Waals surface area contributed by atoms with Crippen molar-refractivity contribution in [3.05, 3.63) is 28.8 Å². The maximum absolute atomic E-state index is 12.0. The van der Waals surface area contributed by atoms with Crippen molar-refractivity contribution in [2.45, 2.75) is 19.8 Å². The van der Waals surface area contributed by atoms with Crippen LogP contribution in [0.3, 0.4) is 0 Å². The van der Waals surface area contributed by atoms with Gasteiger partial charge in [0.25, 0.3) is 0 Å². The molecule has 2 aliphatic rings. The number of carbonyl (C=O) groups is 1. The van der Waals surface area contributed by atoms with Gasteiger partial charge in [-0.15, -0.1) is 0 Å². The van der Waals surface area contributed by atoms with E-state index in [4.69, 9.17) is 11.6 Å². The standard InChI is InChI=1S/C15H19ClN2O/c1-11-10-13(16)4-5-14(11)17-6-8-18(9-7-17)15(19)12-2-3-12/h4-5,10,12H,2-3,6-9H2,1H3. The molecule has 0 aromatic heterocycles. The smallest absolute Gasteiger partial charge is 0.225 e. The summed E-state index contributed by atoms with van der Waals surface area (Å²) in [6.45, 7) is 5.61. The SMILES string of the molecule is Cc1cc(Cl)ccc1N1CCN(C(=O)C2CC2)CC1. The number of hydrogen-bond acceptors (Lipinski definition) is 2. The van der Waals surface area contributed by atoms with Crippen molar-refractivity contribution in [3.63, 3.8) is 0 Å². The lowest BCUT2D eigenvalue weighted by molar-refractivity contribution is -0.132. The highest BCUT2D eigenvalue weighted by Crippen LogP contribution is 2.32. The maximum Gasteiger partial charge on any atom is 0.225 e. The van der Waals surface area contributed by atoms with Crippen molar-refractivity contribution in [2.75, 3.05) is 31.1 Å². The number of nitrogens with zero attached hydrogens (tertiary/aromatic N) is 2. The second-order valence-corrected chi connectivity index (χ2v) is 5.95. The van der Waals surface area contributed by atoms with Gasteiger partial charge in [-0.2, -0.15) is 0 Å². The van der Waals surface area contributed by atoms with E-state index in [1.54, 1.807) is 0 Å². The van der Waals surface area contributed by atoms with E-state index in [0.717, 1.165) is 44.0 Å². The first-order valence-electron chi connectivity index (χ1n) is 6.95. The quantitative estimate of drug-likeness (QED) is 0.830. The summed E-state index contributed by atoms with van der Waals surface area (Å²) in [6.07, 6.45) is 2.19. The molecule has 1 heterocycles. The summed E-state index contributed by atoms with van der Waals surface area (Å²) in [5.74, 6) is 0.705. The number of carbonyl (C=O) groups excluding carboxylic acids is 1. The van der Waals surface area contributed by atoms with Crippen LogP contribution < -0.4 is 4.90 Å². The number of halogens is 1. The van der Waals surface area contributed by atoms with E-state index in [1.165, 1.54) is 11.3 Å². The van der Waals surface area contributed by atoms with Gasteiger partial charge in [-0.25, -0.2) is 0 Å². The molecule has 19 heavy (non-hydrogen) atoms. The third kappa shape index (κ3) is 2.71. The molecule has 1 aliphatic heterocycles. The van der Waals surface area contributed by atoms with Crippen LogP contribution >= 0.6 is 11.6 Å². The highest BCUT2D eigenvalue weighted by atomic mass is 35.5. The highest BCUT2D eigenvalue weighted by Gasteiger charge is 2.34. The first-order chi connectivity index (χ1) is 9.15. The van der Waals surface area contributed by atoms with Gasteiger partial charge in [0, 0.05) is 42.8 Å². The largest absolute Gasteiger partial charge is 0.368 e. The Morgan fingerprint density at radius 1 is 1.21 bits per heavy atom. The molecule has 1 aliphatic carbocycles. The Kier molecular flexibility index (Phi) is 3.40. The lowest BCUT2D eigenvalue weighted by Crippen LogP contribution is -2.49. The summed E-state index contributed by atoms with van der Waals surface area (Å²) < 4.78 is 0. The highest BCUT2D eigenvalue weighted by molar-refractivity contribution is 6.30. The fraction of sp³-hybridized carbons (Fsp3) is 0.533. The van der Waals surface area contributed by atoms with Gasteiger partial charge in [-0.3, -0.25) is 4.79 Å². The summed E-state index contributed by atoms with van der Waals surface area (Å²) >= 11 is 5.99. The van der Waals surface area contributed by atoms with Crippen LogP contribution in [0.1, 0.15) is 18.4 Å². The van der Waals surface area contributed by atoms with E-state index >= 15 is 0 Å². The minimum absolute atomic E-state index is 0.337. The van der Waals surface area contributed by atoms with Gasteiger partial charge in [-0.1, -0.05) is 11.6 Å². The van der Waals surface area contributed by atoms with E-state index in [0.29, 0.717) is 11.8 Å². The molecule has 1 saturated heterocycles. The molecule has 3 rings (SSSR count). The number of anilines is 1. The second kappa shape index (κ2) is 5.04. The molecule has 2 fully saturated rings. The average Bonchev–Trinajstić information content (AvgIpc) is 3.22. The van der Waals surface area contributed by atoms with E-state index in [-0.39, 0.29) is 0 Å². The van der Waals surface area contributed by atoms with Crippen LogP contribution in [0.5, 0.6) is 0 Å². The normalized spacial score (nSPS) is 19.7. The predicted molar refractivity (Wildman–Crippen MR) is 77.7 cm³/mol. The van der Waals surface area contributed by atoms with Gasteiger partial charge in [-0.05, 0) is 43.5 Å². The number of rotatable bonds is 2. The molecular weight excluding hydrogens is 260 g/mol. The molecule has 0 N–H and O–H groups in total. The predicted octanol–water partition coefficient (Wildman–Crippen LogP) is 2.71. The molecule has 0 bridgehead atoms. The fourth-order valence-corrected chi connectivity index (χ4v) is 2.96. The van der Waals surface area contributed by atoms with E-state index in [9.17, 15) is 4.79 Å². The van der Waals surface area contributed by atoms with Crippen LogP contribution in [0, 0.1) is 12.8 Å². The van der Waals surface area contributed by atoms with Crippen LogP contribution in [-0.4, -0.2) is 37.0 Å². The zero-order chi connectivity index (χ0) is 13.4. The van der Waals surface area contributed by atoms with Crippen LogP contribution in [-0.2, 0) is 4.79 Å². The minimum Gasteiger partial charge on any atom is -0.368 e. The van der Waals surface area contributed by atoms with Crippen LogP contribution in [0.4, 0.5) is 5.69 Å². The first kappa shape index (κ1) is 12.8. The van der Waals surface area contributed by atoms with Gasteiger partial charge in [0.15, 0.2) is 0 Å². The van der Waals surface area contributed by atoms with Crippen LogP contribution in [0.25, 0.3) is 0 Å². The van der Waals surface area contributed by atoms with E-state index < -0.39 is 0 Å². The zero-order valence-electron chi connectivity index (χ0n) is 11.2. The van der Waals surface area contributed by atoms with Crippen LogP contribution in [0.2, 0.25) is 5.02 Å². The van der Waals surface area contributed by atoms with Gasteiger partial charge >= 0.3 is 0 Å². The molecule has 1 amide bonds. The molecule has 1 aromatic carbocycles. The monoisotopic (exact) mass is 278 g/mol. The molecule has 4 heteroatoms. The molecule has 102 valence electrons. The summed E-state index contributed by atoms with van der Waals surface area (Å²) in [4.78, 5) is 16.4. The Morgan fingerprint density at radius 3 is 2.47 bits per heavy atom. The maximum atomic E-state index is 12.0. The number of piperazine rings is 1. The Labute approximate surface area is 119 Å². The number of benzene rings is 1. The van der Waals surface area contributed by atoms with Gasteiger partial charge in [0.05, 0.1) is 0 Å². The summed E-state index contributed by atoms with van der Waals surface area (Å²) in [6, 6.07) is 6.01. The summed E-state index contributed by atoms with van der Waals surface area (Å²) in [5.41, 5.74) is 2.44. The summed E-state index contributed by atoms with van der Waals surface area (Å²) in [5, 5.41) is 0.781. The summed E-state index contributed by atoms with van der Waals surface area (Å²) in [7, 11) is 0. The first-order valence-corrected chi connectivity index (χ1v) is 7.33. The number of amides is 1. The molecule has 0 atom stereocenters. The van der Waals surface area contributed by atoms with E-state index in [1.807, 2.05) is 17.0 Å². The van der Waals surface area contributed by atoms with Crippen molar-refractivity contribution in [1.29, 1.82) is 0 Å². The lowest BCUT2D eigenvalue weighted by Gasteiger charge is -2.37. The lowest BCUT2D eigenvalue weighted by atomic mass is 10.1. The Balaban J connectivity index is 1.64. The molecule has 0 spiro atoms. The zero-order valence-corrected chi connectivity index (χ0v) is 12.0. The fourth-order valence-electron chi connectivity index (χ4n) is 2.73. The second-order valence-electron chi connectivity index (χ2n) is 5.52. The Bertz CT molecular complexity index is 491. The molecule has 1 aromatic rings. The van der Waals surface area contributed by atoms with Gasteiger partial charge in [0.2, 0.25) is 5.91 Å².